The van der Waals surface area contributed by atoms with Crippen LogP contribution in [0.5, 0.6) is 0 Å². The lowest BCUT2D eigenvalue weighted by Gasteiger charge is -2.30. The number of amides is 1. The van der Waals surface area contributed by atoms with Crippen LogP contribution in [0.15, 0.2) is 48.8 Å². The van der Waals surface area contributed by atoms with E-state index in [4.69, 9.17) is 10.8 Å². The largest absolute Gasteiger partial charge is 0.481 e. The standard InChI is InChI=1S/C21H22N6O3/c22-13-16-12-18(20(28)26-10-6-15(7-11-26)21(29)30)25-19(24-16)14-2-4-17(5-3-14)27-9-1-8-23-27/h1-5,8-9,12,15H,6-7,10-11,13,22H2,(H,29,30). The van der Waals surface area contributed by atoms with Crippen LogP contribution in [0.3, 0.4) is 0 Å². The highest BCUT2D eigenvalue weighted by Gasteiger charge is 2.28. The van der Waals surface area contributed by atoms with Crippen LogP contribution in [0.1, 0.15) is 29.0 Å². The first-order valence-corrected chi connectivity index (χ1v) is 9.75. The molecule has 0 atom stereocenters. The summed E-state index contributed by atoms with van der Waals surface area (Å²) in [4.78, 5) is 34.7. The highest BCUT2D eigenvalue weighted by Crippen LogP contribution is 2.22. The molecule has 9 nitrogen and oxygen atoms in total. The Morgan fingerprint density at radius 2 is 1.87 bits per heavy atom. The molecule has 1 fully saturated rings. The quantitative estimate of drug-likeness (QED) is 0.660. The van der Waals surface area contributed by atoms with Gasteiger partial charge in [-0.05, 0) is 49.2 Å². The molecule has 3 aromatic rings. The minimum Gasteiger partial charge on any atom is -0.481 e. The Kier molecular flexibility index (Phi) is 5.53. The van der Waals surface area contributed by atoms with Gasteiger partial charge in [0.15, 0.2) is 5.82 Å². The molecule has 1 aromatic carbocycles. The van der Waals surface area contributed by atoms with E-state index in [2.05, 4.69) is 15.1 Å². The Bertz CT molecular complexity index is 1040. The smallest absolute Gasteiger partial charge is 0.306 e. The van der Waals surface area contributed by atoms with Crippen molar-refractivity contribution in [2.45, 2.75) is 19.4 Å². The van der Waals surface area contributed by atoms with Crippen molar-refractivity contribution in [1.29, 1.82) is 0 Å². The zero-order valence-corrected chi connectivity index (χ0v) is 16.3. The van der Waals surface area contributed by atoms with Crippen LogP contribution >= 0.6 is 0 Å². The van der Waals surface area contributed by atoms with Gasteiger partial charge in [-0.1, -0.05) is 0 Å². The van der Waals surface area contributed by atoms with E-state index in [9.17, 15) is 9.59 Å². The van der Waals surface area contributed by atoms with Gasteiger partial charge in [-0.3, -0.25) is 9.59 Å². The summed E-state index contributed by atoms with van der Waals surface area (Å²) in [6, 6.07) is 11.0. The number of benzene rings is 1. The van der Waals surface area contributed by atoms with Crippen LogP contribution in [0.25, 0.3) is 17.1 Å². The van der Waals surface area contributed by atoms with E-state index in [1.54, 1.807) is 21.8 Å². The third kappa shape index (κ3) is 4.06. The number of carbonyl (C=O) groups excluding carboxylic acids is 1. The van der Waals surface area contributed by atoms with E-state index >= 15 is 0 Å². The fraction of sp³-hybridized carbons (Fsp3) is 0.286. The summed E-state index contributed by atoms with van der Waals surface area (Å²) in [6.45, 7) is 0.972. The van der Waals surface area contributed by atoms with Gasteiger partial charge in [-0.25, -0.2) is 14.6 Å². The highest BCUT2D eigenvalue weighted by molar-refractivity contribution is 5.93. The molecule has 0 unspecified atom stereocenters. The predicted molar refractivity (Wildman–Crippen MR) is 109 cm³/mol. The van der Waals surface area contributed by atoms with Crippen molar-refractivity contribution in [1.82, 2.24) is 24.6 Å². The Morgan fingerprint density at radius 1 is 1.13 bits per heavy atom. The second-order valence-corrected chi connectivity index (χ2v) is 7.17. The number of carboxylic acids is 1. The zero-order valence-electron chi connectivity index (χ0n) is 16.3. The van der Waals surface area contributed by atoms with Crippen LogP contribution in [0.4, 0.5) is 0 Å². The van der Waals surface area contributed by atoms with Crippen LogP contribution in [0.2, 0.25) is 0 Å². The van der Waals surface area contributed by atoms with Gasteiger partial charge in [0, 0.05) is 37.6 Å². The van der Waals surface area contributed by atoms with Gasteiger partial charge in [0.1, 0.15) is 5.69 Å². The Balaban J connectivity index is 1.58. The molecule has 0 saturated carbocycles. The maximum absolute atomic E-state index is 13.0. The van der Waals surface area contributed by atoms with Crippen molar-refractivity contribution in [2.75, 3.05) is 13.1 Å². The molecule has 0 aliphatic carbocycles. The topological polar surface area (TPSA) is 127 Å². The van der Waals surface area contributed by atoms with Crippen LogP contribution in [0, 0.1) is 5.92 Å². The van der Waals surface area contributed by atoms with E-state index in [0.29, 0.717) is 37.4 Å². The van der Waals surface area contributed by atoms with Crippen LogP contribution < -0.4 is 5.73 Å². The number of nitrogens with zero attached hydrogens (tertiary/aromatic N) is 5. The van der Waals surface area contributed by atoms with E-state index in [-0.39, 0.29) is 18.1 Å². The molecule has 9 heteroatoms. The van der Waals surface area contributed by atoms with E-state index in [1.165, 1.54) is 0 Å². The number of rotatable bonds is 5. The molecule has 3 heterocycles. The summed E-state index contributed by atoms with van der Waals surface area (Å²) in [5.41, 5.74) is 8.29. The maximum atomic E-state index is 13.0. The number of nitrogens with two attached hydrogens (primary N) is 1. The number of carboxylic acid groups (broad SMARTS) is 1. The molecule has 2 aromatic heterocycles. The Hall–Kier alpha value is -3.59. The Labute approximate surface area is 173 Å². The number of aromatic nitrogens is 4. The van der Waals surface area contributed by atoms with Gasteiger partial charge in [0.05, 0.1) is 17.3 Å². The number of hydrogen-bond donors (Lipinski definition) is 2. The second kappa shape index (κ2) is 8.42. The molecule has 1 saturated heterocycles. The summed E-state index contributed by atoms with van der Waals surface area (Å²) in [5.74, 6) is -1.02. The molecule has 1 amide bonds. The first kappa shape index (κ1) is 19.7. The molecule has 30 heavy (non-hydrogen) atoms. The molecule has 154 valence electrons. The number of piperidine rings is 1. The maximum Gasteiger partial charge on any atom is 0.306 e. The molecule has 3 N–H and O–H groups in total. The van der Waals surface area contributed by atoms with Gasteiger partial charge in [0.2, 0.25) is 0 Å². The van der Waals surface area contributed by atoms with Gasteiger partial charge in [0.25, 0.3) is 5.91 Å². The summed E-state index contributed by atoms with van der Waals surface area (Å²) < 4.78 is 1.75. The average Bonchev–Trinajstić information content (AvgIpc) is 3.33. The van der Waals surface area contributed by atoms with Crippen molar-refractivity contribution in [3.05, 3.63) is 60.2 Å². The Morgan fingerprint density at radius 3 is 2.47 bits per heavy atom. The summed E-state index contributed by atoms with van der Waals surface area (Å²) in [6.07, 6.45) is 4.44. The minimum atomic E-state index is -0.810. The molecule has 1 aliphatic rings. The summed E-state index contributed by atoms with van der Waals surface area (Å²) in [7, 11) is 0. The monoisotopic (exact) mass is 406 g/mol. The zero-order chi connectivity index (χ0) is 21.1. The molecule has 0 bridgehead atoms. The lowest BCUT2D eigenvalue weighted by atomic mass is 9.97. The summed E-state index contributed by atoms with van der Waals surface area (Å²) >= 11 is 0. The van der Waals surface area contributed by atoms with Crippen LogP contribution in [-0.2, 0) is 11.3 Å². The highest BCUT2D eigenvalue weighted by atomic mass is 16.4. The van der Waals surface area contributed by atoms with Gasteiger partial charge in [-0.2, -0.15) is 5.10 Å². The van der Waals surface area contributed by atoms with Gasteiger partial charge < -0.3 is 15.7 Å². The number of hydrogen-bond acceptors (Lipinski definition) is 6. The van der Waals surface area contributed by atoms with Gasteiger partial charge in [-0.15, -0.1) is 0 Å². The van der Waals surface area contributed by atoms with E-state index < -0.39 is 11.9 Å². The number of likely N-dealkylation sites (tertiary alicyclic amines) is 1. The fourth-order valence-electron chi connectivity index (χ4n) is 3.52. The lowest BCUT2D eigenvalue weighted by molar-refractivity contribution is -0.143. The van der Waals surface area contributed by atoms with Crippen molar-refractivity contribution >= 4 is 11.9 Å². The van der Waals surface area contributed by atoms with Crippen molar-refractivity contribution < 1.29 is 14.7 Å². The molecular formula is C21H22N6O3. The molecular weight excluding hydrogens is 384 g/mol. The molecule has 1 aliphatic heterocycles. The third-order valence-corrected chi connectivity index (χ3v) is 5.23. The van der Waals surface area contributed by atoms with E-state index in [0.717, 1.165) is 11.3 Å². The van der Waals surface area contributed by atoms with Crippen molar-refractivity contribution in [3.63, 3.8) is 0 Å². The molecule has 4 rings (SSSR count). The molecule has 0 spiro atoms. The average molecular weight is 406 g/mol. The van der Waals surface area contributed by atoms with E-state index in [1.807, 2.05) is 36.5 Å². The predicted octanol–water partition coefficient (Wildman–Crippen LogP) is 1.72. The van der Waals surface area contributed by atoms with Gasteiger partial charge >= 0.3 is 5.97 Å². The van der Waals surface area contributed by atoms with Crippen molar-refractivity contribution in [3.8, 4) is 17.1 Å². The SMILES string of the molecule is NCc1cc(C(=O)N2CCC(C(=O)O)CC2)nc(-c2ccc(-n3cccn3)cc2)n1. The first-order chi connectivity index (χ1) is 14.5. The van der Waals surface area contributed by atoms with Crippen LogP contribution in [-0.4, -0.2) is 54.7 Å². The number of carbonyl (C=O) groups is 2. The molecule has 0 radical (unpaired) electrons. The third-order valence-electron chi connectivity index (χ3n) is 5.23. The fourth-order valence-corrected chi connectivity index (χ4v) is 3.52. The van der Waals surface area contributed by atoms with Crippen molar-refractivity contribution in [2.24, 2.45) is 11.7 Å². The normalized spacial score (nSPS) is 14.6. The first-order valence-electron chi connectivity index (χ1n) is 9.75. The number of aliphatic carboxylic acids is 1. The minimum absolute atomic E-state index is 0.183. The summed E-state index contributed by atoms with van der Waals surface area (Å²) in [5, 5.41) is 13.4. The lowest BCUT2D eigenvalue weighted by Crippen LogP contribution is -2.40. The second-order valence-electron chi connectivity index (χ2n) is 7.17.